The summed E-state index contributed by atoms with van der Waals surface area (Å²) >= 11 is 0. The molecule has 162 valence electrons. The second-order valence-electron chi connectivity index (χ2n) is 8.16. The van der Waals surface area contributed by atoms with Gasteiger partial charge in [-0.05, 0) is 49.4 Å². The smallest absolute Gasteiger partial charge is 0.261 e. The molecule has 3 aromatic carbocycles. The molecule has 3 amide bonds. The van der Waals surface area contributed by atoms with Gasteiger partial charge in [-0.25, -0.2) is 0 Å². The number of imide groups is 1. The SMILES string of the molecule is CCN(C(=O)c1ccc2c(c1)C(=O)N(CC1CCCO1)C2=O)c1cccc2ccccc12. The van der Waals surface area contributed by atoms with Crippen LogP contribution in [0.2, 0.25) is 0 Å². The third kappa shape index (κ3) is 3.37. The van der Waals surface area contributed by atoms with Crippen molar-refractivity contribution in [2.24, 2.45) is 0 Å². The van der Waals surface area contributed by atoms with Crippen molar-refractivity contribution in [3.05, 3.63) is 77.4 Å². The topological polar surface area (TPSA) is 66.9 Å². The zero-order valence-corrected chi connectivity index (χ0v) is 17.9. The van der Waals surface area contributed by atoms with Crippen molar-refractivity contribution in [3.63, 3.8) is 0 Å². The molecule has 0 spiro atoms. The molecule has 5 rings (SSSR count). The molecule has 0 saturated carbocycles. The first kappa shape index (κ1) is 20.4. The number of rotatable bonds is 5. The molecule has 1 atom stereocenters. The Morgan fingerprint density at radius 3 is 2.59 bits per heavy atom. The largest absolute Gasteiger partial charge is 0.376 e. The third-order valence-electron chi connectivity index (χ3n) is 6.25. The minimum absolute atomic E-state index is 0.111. The van der Waals surface area contributed by atoms with E-state index < -0.39 is 0 Å². The molecule has 1 fully saturated rings. The van der Waals surface area contributed by atoms with Crippen molar-refractivity contribution >= 4 is 34.2 Å². The van der Waals surface area contributed by atoms with Gasteiger partial charge in [-0.2, -0.15) is 0 Å². The molecule has 2 aliphatic heterocycles. The summed E-state index contributed by atoms with van der Waals surface area (Å²) in [6, 6.07) is 18.6. The van der Waals surface area contributed by atoms with Gasteiger partial charge in [-0.15, -0.1) is 0 Å². The molecule has 0 radical (unpaired) electrons. The molecule has 0 aliphatic carbocycles. The fourth-order valence-corrected chi connectivity index (χ4v) is 4.60. The normalized spacial score (nSPS) is 17.8. The van der Waals surface area contributed by atoms with Crippen molar-refractivity contribution in [1.29, 1.82) is 0 Å². The number of carbonyl (C=O) groups excluding carboxylic acids is 3. The highest BCUT2D eigenvalue weighted by Gasteiger charge is 2.38. The highest BCUT2D eigenvalue weighted by molar-refractivity contribution is 6.22. The average Bonchev–Trinajstić information content (AvgIpc) is 3.42. The summed E-state index contributed by atoms with van der Waals surface area (Å²) in [5, 5.41) is 2.04. The lowest BCUT2D eigenvalue weighted by atomic mass is 10.0. The number of amides is 3. The molecular weight excluding hydrogens is 404 g/mol. The summed E-state index contributed by atoms with van der Waals surface area (Å²) in [7, 11) is 0. The van der Waals surface area contributed by atoms with Gasteiger partial charge in [-0.3, -0.25) is 19.3 Å². The number of fused-ring (bicyclic) bond motifs is 2. The Hall–Kier alpha value is -3.51. The number of anilines is 1. The molecule has 6 nitrogen and oxygen atoms in total. The second kappa shape index (κ2) is 8.20. The Labute approximate surface area is 186 Å². The van der Waals surface area contributed by atoms with E-state index in [1.165, 1.54) is 4.90 Å². The molecule has 32 heavy (non-hydrogen) atoms. The van der Waals surface area contributed by atoms with Gasteiger partial charge in [0.2, 0.25) is 0 Å². The van der Waals surface area contributed by atoms with Crippen LogP contribution in [0.25, 0.3) is 10.8 Å². The zero-order chi connectivity index (χ0) is 22.2. The minimum atomic E-state index is -0.358. The van der Waals surface area contributed by atoms with Crippen molar-refractivity contribution in [2.75, 3.05) is 24.6 Å². The molecule has 3 aromatic rings. The monoisotopic (exact) mass is 428 g/mol. The van der Waals surface area contributed by atoms with Crippen LogP contribution in [-0.2, 0) is 4.74 Å². The van der Waals surface area contributed by atoms with E-state index in [-0.39, 0.29) is 35.9 Å². The fraction of sp³-hybridized carbons (Fsp3) is 0.269. The first-order chi connectivity index (χ1) is 15.6. The molecule has 2 heterocycles. The van der Waals surface area contributed by atoms with Gasteiger partial charge >= 0.3 is 0 Å². The van der Waals surface area contributed by atoms with Crippen LogP contribution >= 0.6 is 0 Å². The van der Waals surface area contributed by atoms with Crippen LogP contribution < -0.4 is 4.90 Å². The quantitative estimate of drug-likeness (QED) is 0.569. The Kier molecular flexibility index (Phi) is 5.23. The number of nitrogens with zero attached hydrogens (tertiary/aromatic N) is 2. The van der Waals surface area contributed by atoms with Crippen LogP contribution in [0.5, 0.6) is 0 Å². The standard InChI is InChI=1S/C26H24N2O4/c1-2-27(23-11-5-8-17-7-3-4-10-20(17)23)24(29)18-12-13-21-22(15-18)26(31)28(25(21)30)16-19-9-6-14-32-19/h3-5,7-8,10-13,15,19H,2,6,9,14,16H2,1H3. The maximum absolute atomic E-state index is 13.5. The van der Waals surface area contributed by atoms with Gasteiger partial charge in [0.05, 0.1) is 29.5 Å². The van der Waals surface area contributed by atoms with Gasteiger partial charge in [0, 0.05) is 24.1 Å². The van der Waals surface area contributed by atoms with Crippen molar-refractivity contribution in [1.82, 2.24) is 4.90 Å². The van der Waals surface area contributed by atoms with Crippen molar-refractivity contribution < 1.29 is 19.1 Å². The molecule has 2 aliphatic rings. The summed E-state index contributed by atoms with van der Waals surface area (Å²) < 4.78 is 5.60. The van der Waals surface area contributed by atoms with Crippen LogP contribution in [0.1, 0.15) is 50.8 Å². The summed E-state index contributed by atoms with van der Waals surface area (Å²) in [4.78, 5) is 42.2. The number of hydrogen-bond acceptors (Lipinski definition) is 4. The lowest BCUT2D eigenvalue weighted by Crippen LogP contribution is -2.36. The van der Waals surface area contributed by atoms with E-state index in [0.29, 0.717) is 24.3 Å². The van der Waals surface area contributed by atoms with Gasteiger partial charge in [0.25, 0.3) is 17.7 Å². The molecule has 0 aromatic heterocycles. The van der Waals surface area contributed by atoms with E-state index in [4.69, 9.17) is 4.74 Å². The van der Waals surface area contributed by atoms with E-state index in [1.54, 1.807) is 23.1 Å². The number of benzene rings is 3. The molecule has 0 N–H and O–H groups in total. The molecule has 0 bridgehead atoms. The zero-order valence-electron chi connectivity index (χ0n) is 17.9. The Balaban J connectivity index is 1.46. The van der Waals surface area contributed by atoms with Gasteiger partial charge in [0.1, 0.15) is 0 Å². The van der Waals surface area contributed by atoms with Crippen LogP contribution in [0, 0.1) is 0 Å². The fourth-order valence-electron chi connectivity index (χ4n) is 4.60. The lowest BCUT2D eigenvalue weighted by molar-refractivity contribution is 0.0475. The minimum Gasteiger partial charge on any atom is -0.376 e. The number of ether oxygens (including phenoxy) is 1. The maximum atomic E-state index is 13.5. The predicted molar refractivity (Wildman–Crippen MR) is 122 cm³/mol. The van der Waals surface area contributed by atoms with Crippen LogP contribution in [0.15, 0.2) is 60.7 Å². The molecular formula is C26H24N2O4. The highest BCUT2D eigenvalue weighted by atomic mass is 16.5. The Bertz CT molecular complexity index is 1220. The van der Waals surface area contributed by atoms with Crippen molar-refractivity contribution in [3.8, 4) is 0 Å². The second-order valence-corrected chi connectivity index (χ2v) is 8.16. The molecule has 1 saturated heterocycles. The maximum Gasteiger partial charge on any atom is 0.261 e. The van der Waals surface area contributed by atoms with Crippen LogP contribution in [0.3, 0.4) is 0 Å². The summed E-state index contributed by atoms with van der Waals surface area (Å²) in [6.45, 7) is 3.31. The van der Waals surface area contributed by atoms with E-state index in [2.05, 4.69) is 0 Å². The number of hydrogen-bond donors (Lipinski definition) is 0. The Morgan fingerprint density at radius 2 is 1.81 bits per heavy atom. The number of carbonyl (C=O) groups is 3. The first-order valence-electron chi connectivity index (χ1n) is 11.0. The summed E-state index contributed by atoms with van der Waals surface area (Å²) in [5.74, 6) is -0.881. The molecule has 1 unspecified atom stereocenters. The Morgan fingerprint density at radius 1 is 1.03 bits per heavy atom. The van der Waals surface area contributed by atoms with E-state index >= 15 is 0 Å². The summed E-state index contributed by atoms with van der Waals surface area (Å²) in [6.07, 6.45) is 1.67. The van der Waals surface area contributed by atoms with Gasteiger partial charge in [-0.1, -0.05) is 36.4 Å². The van der Waals surface area contributed by atoms with E-state index in [9.17, 15) is 14.4 Å². The van der Waals surface area contributed by atoms with Gasteiger partial charge < -0.3 is 9.64 Å². The van der Waals surface area contributed by atoms with Crippen molar-refractivity contribution in [2.45, 2.75) is 25.9 Å². The van der Waals surface area contributed by atoms with E-state index in [0.717, 1.165) is 29.3 Å². The van der Waals surface area contributed by atoms with E-state index in [1.807, 2.05) is 49.4 Å². The lowest BCUT2D eigenvalue weighted by Gasteiger charge is -2.23. The molecule has 6 heteroatoms. The third-order valence-corrected chi connectivity index (χ3v) is 6.25. The van der Waals surface area contributed by atoms with Crippen LogP contribution in [-0.4, -0.2) is 48.4 Å². The van der Waals surface area contributed by atoms with Gasteiger partial charge in [0.15, 0.2) is 0 Å². The average molecular weight is 428 g/mol. The predicted octanol–water partition coefficient (Wildman–Crippen LogP) is 4.28. The first-order valence-corrected chi connectivity index (χ1v) is 11.0. The highest BCUT2D eigenvalue weighted by Crippen LogP contribution is 2.30. The van der Waals surface area contributed by atoms with Crippen LogP contribution in [0.4, 0.5) is 5.69 Å². The summed E-state index contributed by atoms with van der Waals surface area (Å²) in [5.41, 5.74) is 1.84.